The van der Waals surface area contributed by atoms with Gasteiger partial charge in [-0.2, -0.15) is 0 Å². The summed E-state index contributed by atoms with van der Waals surface area (Å²) in [6.45, 7) is 2.07. The quantitative estimate of drug-likeness (QED) is 0.141. The highest BCUT2D eigenvalue weighted by molar-refractivity contribution is 7.26. The summed E-state index contributed by atoms with van der Waals surface area (Å²) >= 11 is 1.89. The van der Waals surface area contributed by atoms with E-state index in [1.807, 2.05) is 11.3 Å². The second kappa shape index (κ2) is 19.3. The Labute approximate surface area is 492 Å². The van der Waals surface area contributed by atoms with E-state index in [2.05, 4.69) is 308 Å². The van der Waals surface area contributed by atoms with Crippen molar-refractivity contribution in [3.8, 4) is 66.8 Å². The summed E-state index contributed by atoms with van der Waals surface area (Å²) in [4.78, 5) is 5.26. The van der Waals surface area contributed by atoms with Crippen LogP contribution in [0.15, 0.2) is 296 Å². The second-order valence-electron chi connectivity index (χ2n) is 22.3. The third-order valence-electron chi connectivity index (χ3n) is 17.5. The highest BCUT2D eigenvalue weighted by Crippen LogP contribution is 2.54. The summed E-state index contributed by atoms with van der Waals surface area (Å²) in [6, 6.07) is 108. The first-order valence-corrected chi connectivity index (χ1v) is 29.7. The molecule has 0 saturated heterocycles. The van der Waals surface area contributed by atoms with Crippen molar-refractivity contribution in [3.05, 3.63) is 297 Å². The van der Waals surface area contributed by atoms with Gasteiger partial charge in [0.2, 0.25) is 0 Å². The van der Waals surface area contributed by atoms with Crippen LogP contribution >= 0.6 is 11.3 Å². The number of nitrogens with zero attached hydrogens (tertiary/aromatic N) is 2. The molecule has 4 heterocycles. The van der Waals surface area contributed by atoms with Gasteiger partial charge in [0.15, 0.2) is 0 Å². The molecule has 2 aliphatic heterocycles. The summed E-state index contributed by atoms with van der Waals surface area (Å²) in [6.07, 6.45) is 0. The lowest BCUT2D eigenvalue weighted by Crippen LogP contribution is -2.61. The highest BCUT2D eigenvalue weighted by atomic mass is 32.1. The van der Waals surface area contributed by atoms with Gasteiger partial charge in [0.1, 0.15) is 11.2 Å². The normalized spacial score (nSPS) is 12.5. The number of anilines is 6. The predicted molar refractivity (Wildman–Crippen MR) is 358 cm³/mol. The van der Waals surface area contributed by atoms with Crippen molar-refractivity contribution in [1.82, 2.24) is 0 Å². The number of hydrogen-bond acceptors (Lipinski definition) is 4. The standard InChI is InChI=1S/C79H51BN2OS/c1-50-46-71-75-72(47-50)82(77-59(53-26-10-4-11-27-53)34-19-35-60(77)54-28-12-5-13-29-54)70-45-43-56(62-37-21-39-66-64-31-15-17-41-74(64)84-79(62)66)49-68(70)80(75)67-48-55(61-36-20-38-65-63-30-14-16-40-73(63)83-78(61)65)42-44-69(67)81(71)76-57(51-22-6-2-7-23-51)32-18-33-58(76)52-24-8-3-9-25-52/h2-49H,1H3. The molecule has 0 aliphatic carbocycles. The summed E-state index contributed by atoms with van der Waals surface area (Å²) < 4.78 is 9.47. The van der Waals surface area contributed by atoms with E-state index >= 15 is 0 Å². The summed E-state index contributed by atoms with van der Waals surface area (Å²) in [5, 5.41) is 4.81. The van der Waals surface area contributed by atoms with Crippen LogP contribution in [0.4, 0.5) is 34.1 Å². The summed E-state index contributed by atoms with van der Waals surface area (Å²) in [7, 11) is 0. The van der Waals surface area contributed by atoms with Crippen LogP contribution in [0, 0.1) is 6.92 Å². The lowest BCUT2D eigenvalue weighted by atomic mass is 9.33. The number of benzene rings is 13. The van der Waals surface area contributed by atoms with Crippen molar-refractivity contribution in [2.45, 2.75) is 6.92 Å². The number of fused-ring (bicyclic) bond motifs is 10. The number of aryl methyl sites for hydroxylation is 1. The van der Waals surface area contributed by atoms with E-state index in [1.54, 1.807) is 0 Å². The Morgan fingerprint density at radius 1 is 0.321 bits per heavy atom. The van der Waals surface area contributed by atoms with E-state index in [0.29, 0.717) is 0 Å². The first-order valence-electron chi connectivity index (χ1n) is 28.9. The van der Waals surface area contributed by atoms with E-state index in [-0.39, 0.29) is 6.71 Å². The zero-order valence-electron chi connectivity index (χ0n) is 46.0. The SMILES string of the molecule is Cc1cc2c3c(c1)N(c1c(-c4ccccc4)cccc1-c1ccccc1)c1ccc(-c4cccc5c4sc4ccccc45)cc1B3c1cc(-c3cccc4c3oc3ccccc34)ccc1N2c1c(-c2ccccc2)cccc1-c1ccccc1. The highest BCUT2D eigenvalue weighted by Gasteiger charge is 2.45. The Morgan fingerprint density at radius 2 is 0.738 bits per heavy atom. The van der Waals surface area contributed by atoms with Crippen LogP contribution in [0.3, 0.4) is 0 Å². The molecule has 0 unspecified atom stereocenters. The largest absolute Gasteiger partial charge is 0.455 e. The number of furan rings is 1. The molecule has 2 aromatic heterocycles. The molecule has 5 heteroatoms. The lowest BCUT2D eigenvalue weighted by molar-refractivity contribution is 0.670. The Morgan fingerprint density at radius 3 is 1.27 bits per heavy atom. The zero-order valence-corrected chi connectivity index (χ0v) is 46.8. The number of rotatable bonds is 8. The van der Waals surface area contributed by atoms with Gasteiger partial charge in [-0.15, -0.1) is 11.3 Å². The lowest BCUT2D eigenvalue weighted by Gasteiger charge is -2.46. The van der Waals surface area contributed by atoms with Gasteiger partial charge >= 0.3 is 0 Å². The third kappa shape index (κ3) is 7.52. The fraction of sp³-hybridized carbons (Fsp3) is 0.0127. The number of para-hydroxylation sites is 4. The van der Waals surface area contributed by atoms with E-state index in [0.717, 1.165) is 112 Å². The van der Waals surface area contributed by atoms with E-state index in [9.17, 15) is 0 Å². The van der Waals surface area contributed by atoms with E-state index in [1.165, 1.54) is 53.3 Å². The van der Waals surface area contributed by atoms with Crippen molar-refractivity contribution in [2.75, 3.05) is 9.80 Å². The monoisotopic (exact) mass is 1090 g/mol. The molecular formula is C79H51BN2OS. The van der Waals surface area contributed by atoms with Gasteiger partial charge in [-0.25, -0.2) is 0 Å². The van der Waals surface area contributed by atoms with Crippen LogP contribution in [0.25, 0.3) is 109 Å². The molecule has 2 aliphatic rings. The van der Waals surface area contributed by atoms with Crippen LogP contribution in [0.1, 0.15) is 5.56 Å². The minimum absolute atomic E-state index is 0.211. The van der Waals surface area contributed by atoms with Gasteiger partial charge in [0.25, 0.3) is 6.71 Å². The van der Waals surface area contributed by atoms with Gasteiger partial charge in [-0.05, 0) is 104 Å². The van der Waals surface area contributed by atoms with Crippen molar-refractivity contribution < 1.29 is 4.42 Å². The second-order valence-corrected chi connectivity index (χ2v) is 23.3. The zero-order chi connectivity index (χ0) is 55.4. The van der Waals surface area contributed by atoms with E-state index in [4.69, 9.17) is 4.42 Å². The van der Waals surface area contributed by atoms with Crippen LogP contribution in [-0.2, 0) is 0 Å². The average molecular weight is 1090 g/mol. The Bertz CT molecular complexity index is 4680. The predicted octanol–water partition coefficient (Wildman–Crippen LogP) is 20.3. The van der Waals surface area contributed by atoms with Crippen LogP contribution < -0.4 is 26.2 Å². The minimum Gasteiger partial charge on any atom is -0.455 e. The Balaban J connectivity index is 1.02. The van der Waals surface area contributed by atoms with Gasteiger partial charge in [-0.1, -0.05) is 255 Å². The number of hydrogen-bond donors (Lipinski definition) is 0. The smallest absolute Gasteiger partial charge is 0.252 e. The van der Waals surface area contributed by atoms with Crippen molar-refractivity contribution >= 4 is 111 Å². The first kappa shape index (κ1) is 48.3. The molecule has 0 atom stereocenters. The van der Waals surface area contributed by atoms with Crippen LogP contribution in [-0.4, -0.2) is 6.71 Å². The molecule has 0 N–H and O–H groups in total. The first-order chi connectivity index (χ1) is 41.6. The molecule has 0 amide bonds. The maximum Gasteiger partial charge on any atom is 0.252 e. The third-order valence-corrected chi connectivity index (χ3v) is 18.7. The molecule has 0 spiro atoms. The van der Waals surface area contributed by atoms with E-state index < -0.39 is 0 Å². The van der Waals surface area contributed by atoms with Gasteiger partial charge in [0, 0.05) is 81.5 Å². The molecule has 17 rings (SSSR count). The van der Waals surface area contributed by atoms with Gasteiger partial charge in [0.05, 0.1) is 11.4 Å². The molecule has 84 heavy (non-hydrogen) atoms. The minimum atomic E-state index is -0.211. The molecule has 0 fully saturated rings. The molecular weight excluding hydrogens is 1040 g/mol. The molecule has 3 nitrogen and oxygen atoms in total. The van der Waals surface area contributed by atoms with Crippen molar-refractivity contribution in [1.29, 1.82) is 0 Å². The molecule has 0 bridgehead atoms. The van der Waals surface area contributed by atoms with Crippen molar-refractivity contribution in [3.63, 3.8) is 0 Å². The van der Waals surface area contributed by atoms with Crippen LogP contribution in [0.2, 0.25) is 0 Å². The molecule has 13 aromatic carbocycles. The van der Waals surface area contributed by atoms with Crippen molar-refractivity contribution in [2.24, 2.45) is 0 Å². The molecule has 0 saturated carbocycles. The topological polar surface area (TPSA) is 19.6 Å². The fourth-order valence-corrected chi connectivity index (χ4v) is 15.1. The molecule has 392 valence electrons. The maximum absolute atomic E-state index is 6.88. The molecule has 0 radical (unpaired) electrons. The summed E-state index contributed by atoms with van der Waals surface area (Å²) in [5.41, 5.74) is 27.4. The number of thiophene rings is 1. The Kier molecular flexibility index (Phi) is 11.1. The Hall–Kier alpha value is -10.5. The van der Waals surface area contributed by atoms with Crippen LogP contribution in [0.5, 0.6) is 0 Å². The van der Waals surface area contributed by atoms with Gasteiger partial charge in [-0.3, -0.25) is 0 Å². The van der Waals surface area contributed by atoms with Gasteiger partial charge < -0.3 is 14.2 Å². The maximum atomic E-state index is 6.88. The fourth-order valence-electron chi connectivity index (χ4n) is 13.9. The molecule has 15 aromatic rings. The summed E-state index contributed by atoms with van der Waals surface area (Å²) in [5.74, 6) is 0. The average Bonchev–Trinajstić information content (AvgIpc) is 1.15.